The molecular formula is C14H20N2O2. The number of hydrogen-bond acceptors (Lipinski definition) is 4. The minimum atomic E-state index is -0.432. The van der Waals surface area contributed by atoms with E-state index < -0.39 is 6.10 Å². The minimum Gasteiger partial charge on any atom is -0.491 e. The molecule has 2 atom stereocenters. The number of aliphatic hydroxyl groups is 1. The second-order valence-corrected chi connectivity index (χ2v) is 5.20. The van der Waals surface area contributed by atoms with Crippen LogP contribution in [0.15, 0.2) is 24.3 Å². The zero-order valence-corrected chi connectivity index (χ0v) is 10.7. The van der Waals surface area contributed by atoms with Gasteiger partial charge in [0, 0.05) is 31.7 Å². The van der Waals surface area contributed by atoms with Gasteiger partial charge in [-0.2, -0.15) is 0 Å². The van der Waals surface area contributed by atoms with E-state index in [1.165, 1.54) is 0 Å². The smallest absolute Gasteiger partial charge is 0.125 e. The van der Waals surface area contributed by atoms with Gasteiger partial charge < -0.3 is 14.7 Å². The van der Waals surface area contributed by atoms with Crippen LogP contribution in [0.1, 0.15) is 11.7 Å². The first kappa shape index (κ1) is 12.0. The summed E-state index contributed by atoms with van der Waals surface area (Å²) in [4.78, 5) is 4.67. The lowest BCUT2D eigenvalue weighted by atomic mass is 9.97. The number of ether oxygens (including phenoxy) is 1. The molecule has 2 aliphatic heterocycles. The van der Waals surface area contributed by atoms with Gasteiger partial charge in [-0.25, -0.2) is 0 Å². The van der Waals surface area contributed by atoms with Crippen molar-refractivity contribution in [2.24, 2.45) is 0 Å². The monoisotopic (exact) mass is 248 g/mol. The first-order valence-corrected chi connectivity index (χ1v) is 6.58. The van der Waals surface area contributed by atoms with Gasteiger partial charge in [0.15, 0.2) is 0 Å². The van der Waals surface area contributed by atoms with Crippen molar-refractivity contribution >= 4 is 0 Å². The van der Waals surface area contributed by atoms with Crippen LogP contribution in [-0.2, 0) is 0 Å². The summed E-state index contributed by atoms with van der Waals surface area (Å²) >= 11 is 0. The maximum Gasteiger partial charge on any atom is 0.125 e. The number of benzene rings is 1. The van der Waals surface area contributed by atoms with E-state index in [0.29, 0.717) is 6.61 Å². The molecule has 2 unspecified atom stereocenters. The third-order valence-electron chi connectivity index (χ3n) is 4.02. The summed E-state index contributed by atoms with van der Waals surface area (Å²) in [5.74, 6) is 0.829. The van der Waals surface area contributed by atoms with Gasteiger partial charge >= 0.3 is 0 Å². The second kappa shape index (κ2) is 4.88. The van der Waals surface area contributed by atoms with Gasteiger partial charge in [0.2, 0.25) is 0 Å². The van der Waals surface area contributed by atoms with Crippen molar-refractivity contribution in [2.75, 3.05) is 39.8 Å². The maximum atomic E-state index is 10.5. The molecule has 1 aromatic rings. The summed E-state index contributed by atoms with van der Waals surface area (Å²) in [7, 11) is 2.14. The summed E-state index contributed by atoms with van der Waals surface area (Å²) in [6, 6.07) is 7.88. The molecule has 3 rings (SSSR count). The van der Waals surface area contributed by atoms with Crippen molar-refractivity contribution in [3.05, 3.63) is 29.8 Å². The van der Waals surface area contributed by atoms with Crippen LogP contribution >= 0.6 is 0 Å². The fourth-order valence-corrected chi connectivity index (χ4v) is 2.79. The van der Waals surface area contributed by atoms with Crippen molar-refractivity contribution in [2.45, 2.75) is 12.1 Å². The van der Waals surface area contributed by atoms with Crippen LogP contribution in [0.5, 0.6) is 5.75 Å². The van der Waals surface area contributed by atoms with Crippen LogP contribution in [0.25, 0.3) is 0 Å². The Morgan fingerprint density at radius 3 is 2.67 bits per heavy atom. The number of hydrogen-bond donors (Lipinski definition) is 1. The van der Waals surface area contributed by atoms with Crippen molar-refractivity contribution in [3.8, 4) is 5.75 Å². The summed E-state index contributed by atoms with van der Waals surface area (Å²) in [6.45, 7) is 4.71. The first-order chi connectivity index (χ1) is 8.75. The van der Waals surface area contributed by atoms with E-state index in [-0.39, 0.29) is 6.04 Å². The van der Waals surface area contributed by atoms with Crippen molar-refractivity contribution in [3.63, 3.8) is 0 Å². The molecule has 0 spiro atoms. The third kappa shape index (κ3) is 2.11. The summed E-state index contributed by atoms with van der Waals surface area (Å²) < 4.78 is 5.77. The molecule has 0 saturated carbocycles. The largest absolute Gasteiger partial charge is 0.491 e. The lowest BCUT2D eigenvalue weighted by molar-refractivity contribution is -0.0140. The topological polar surface area (TPSA) is 35.9 Å². The highest BCUT2D eigenvalue weighted by Crippen LogP contribution is 2.34. The molecule has 1 saturated heterocycles. The molecule has 18 heavy (non-hydrogen) atoms. The molecule has 1 aromatic carbocycles. The van der Waals surface area contributed by atoms with E-state index in [0.717, 1.165) is 37.5 Å². The zero-order chi connectivity index (χ0) is 12.5. The van der Waals surface area contributed by atoms with Gasteiger partial charge in [0.25, 0.3) is 0 Å². The van der Waals surface area contributed by atoms with Gasteiger partial charge in [0.05, 0.1) is 6.04 Å². The quantitative estimate of drug-likeness (QED) is 0.795. The highest BCUT2D eigenvalue weighted by Gasteiger charge is 2.34. The van der Waals surface area contributed by atoms with Crippen LogP contribution < -0.4 is 4.74 Å². The van der Waals surface area contributed by atoms with E-state index in [4.69, 9.17) is 4.74 Å². The number of nitrogens with zero attached hydrogens (tertiary/aromatic N) is 2. The predicted octanol–water partition coefficient (Wildman–Crippen LogP) is 0.728. The lowest BCUT2D eigenvalue weighted by Gasteiger charge is -2.42. The Labute approximate surface area is 108 Å². The van der Waals surface area contributed by atoms with Crippen molar-refractivity contribution in [1.82, 2.24) is 9.80 Å². The van der Waals surface area contributed by atoms with E-state index in [1.807, 2.05) is 24.3 Å². The molecule has 98 valence electrons. The molecule has 4 heteroatoms. The second-order valence-electron chi connectivity index (χ2n) is 5.20. The third-order valence-corrected chi connectivity index (χ3v) is 4.02. The average Bonchev–Trinajstić information content (AvgIpc) is 2.41. The number of likely N-dealkylation sites (N-methyl/N-ethyl adjacent to an activating group) is 1. The number of fused-ring (bicyclic) bond motifs is 1. The van der Waals surface area contributed by atoms with Gasteiger partial charge in [-0.1, -0.05) is 18.2 Å². The summed E-state index contributed by atoms with van der Waals surface area (Å²) in [5.41, 5.74) is 0.924. The Balaban J connectivity index is 1.76. The van der Waals surface area contributed by atoms with Gasteiger partial charge in [0.1, 0.15) is 18.5 Å². The van der Waals surface area contributed by atoms with Crippen LogP contribution in [0.2, 0.25) is 0 Å². The fourth-order valence-electron chi connectivity index (χ4n) is 2.79. The highest BCUT2D eigenvalue weighted by molar-refractivity contribution is 5.37. The van der Waals surface area contributed by atoms with Gasteiger partial charge in [-0.05, 0) is 13.1 Å². The molecule has 0 aliphatic carbocycles. The molecule has 1 N–H and O–H groups in total. The lowest BCUT2D eigenvalue weighted by Crippen LogP contribution is -2.53. The van der Waals surface area contributed by atoms with Crippen LogP contribution in [0, 0.1) is 0 Å². The number of piperazine rings is 1. The molecule has 0 bridgehead atoms. The minimum absolute atomic E-state index is 0.0913. The van der Waals surface area contributed by atoms with Crippen molar-refractivity contribution < 1.29 is 9.84 Å². The van der Waals surface area contributed by atoms with E-state index in [1.54, 1.807) is 0 Å². The number of aliphatic hydroxyl groups excluding tert-OH is 1. The first-order valence-electron chi connectivity index (χ1n) is 6.58. The maximum absolute atomic E-state index is 10.5. The van der Waals surface area contributed by atoms with Crippen LogP contribution in [0.3, 0.4) is 0 Å². The Bertz CT molecular complexity index is 416. The number of rotatable bonds is 1. The normalized spacial score (nSPS) is 29.7. The fraction of sp³-hybridized carbons (Fsp3) is 0.571. The van der Waals surface area contributed by atoms with Crippen LogP contribution in [-0.4, -0.2) is 60.8 Å². The predicted molar refractivity (Wildman–Crippen MR) is 69.8 cm³/mol. The Hall–Kier alpha value is -1.10. The molecule has 0 aromatic heterocycles. The van der Waals surface area contributed by atoms with E-state index >= 15 is 0 Å². The van der Waals surface area contributed by atoms with Gasteiger partial charge in [-0.15, -0.1) is 0 Å². The molecule has 1 fully saturated rings. The van der Waals surface area contributed by atoms with E-state index in [9.17, 15) is 5.11 Å². The molecule has 2 aliphatic rings. The molecular weight excluding hydrogens is 228 g/mol. The Kier molecular flexibility index (Phi) is 3.24. The van der Waals surface area contributed by atoms with E-state index in [2.05, 4.69) is 16.8 Å². The van der Waals surface area contributed by atoms with Crippen molar-refractivity contribution in [1.29, 1.82) is 0 Å². The highest BCUT2D eigenvalue weighted by atomic mass is 16.5. The molecule has 0 amide bonds. The summed E-state index contributed by atoms with van der Waals surface area (Å²) in [6.07, 6.45) is -0.432. The standard InChI is InChI=1S/C14H20N2O2/c1-15-6-8-16(9-7-15)12-10-18-13-5-3-2-4-11(13)14(12)17/h2-5,12,14,17H,6-10H2,1H3. The average molecular weight is 248 g/mol. The Morgan fingerprint density at radius 1 is 1.17 bits per heavy atom. The molecule has 0 radical (unpaired) electrons. The molecule has 4 nitrogen and oxygen atoms in total. The molecule has 2 heterocycles. The van der Waals surface area contributed by atoms with Crippen LogP contribution in [0.4, 0.5) is 0 Å². The Morgan fingerprint density at radius 2 is 1.89 bits per heavy atom. The summed E-state index contributed by atoms with van der Waals surface area (Å²) in [5, 5.41) is 10.5. The SMILES string of the molecule is CN1CCN(C2COc3ccccc3C2O)CC1. The van der Waals surface area contributed by atoms with Gasteiger partial charge in [-0.3, -0.25) is 4.90 Å². The number of para-hydroxylation sites is 1. The zero-order valence-electron chi connectivity index (χ0n) is 10.7.